The molecule has 0 spiro atoms. The van der Waals surface area contributed by atoms with Crippen molar-refractivity contribution >= 4 is 5.91 Å². The molecule has 0 aromatic rings. The number of carbonyl (C=O) groups is 1. The lowest BCUT2D eigenvalue weighted by molar-refractivity contribution is -0.137. The van der Waals surface area contributed by atoms with Gasteiger partial charge in [-0.1, -0.05) is 6.42 Å². The molecule has 1 aliphatic carbocycles. The smallest absolute Gasteiger partial charge is 0.223 e. The van der Waals surface area contributed by atoms with Crippen molar-refractivity contribution in [2.75, 3.05) is 39.3 Å². The Labute approximate surface area is 122 Å². The Hall–Kier alpha value is -0.650. The molecule has 20 heavy (non-hydrogen) atoms. The van der Waals surface area contributed by atoms with Crippen molar-refractivity contribution in [3.63, 3.8) is 0 Å². The lowest BCUT2D eigenvalue weighted by atomic mass is 9.66. The average Bonchev–Trinajstić information content (AvgIpc) is 2.32. The van der Waals surface area contributed by atoms with Gasteiger partial charge < -0.3 is 15.7 Å². The normalized spacial score (nSPS) is 23.5. The molecule has 2 fully saturated rings. The third kappa shape index (κ3) is 3.93. The van der Waals surface area contributed by atoms with Crippen LogP contribution in [0.5, 0.6) is 0 Å². The molecule has 0 aromatic heterocycles. The Morgan fingerprint density at radius 3 is 2.25 bits per heavy atom. The summed E-state index contributed by atoms with van der Waals surface area (Å²) in [4.78, 5) is 16.6. The number of rotatable bonds is 5. The van der Waals surface area contributed by atoms with Crippen molar-refractivity contribution in [2.45, 2.75) is 45.1 Å². The minimum Gasteiger partial charge on any atom is -0.389 e. The monoisotopic (exact) mass is 283 g/mol. The Morgan fingerprint density at radius 2 is 1.85 bits per heavy atom. The zero-order valence-corrected chi connectivity index (χ0v) is 12.9. The Morgan fingerprint density at radius 1 is 1.25 bits per heavy atom. The molecule has 3 N–H and O–H groups in total. The summed E-state index contributed by atoms with van der Waals surface area (Å²) in [5.41, 5.74) is 5.26. The third-order valence-corrected chi connectivity index (χ3v) is 4.71. The van der Waals surface area contributed by atoms with Crippen LogP contribution in [0.1, 0.15) is 39.5 Å². The summed E-state index contributed by atoms with van der Waals surface area (Å²) in [6.45, 7) is 8.21. The summed E-state index contributed by atoms with van der Waals surface area (Å²) in [6.07, 6.45) is 4.04. The van der Waals surface area contributed by atoms with E-state index in [0.29, 0.717) is 19.5 Å². The molecular weight excluding hydrogens is 254 g/mol. The van der Waals surface area contributed by atoms with E-state index < -0.39 is 5.60 Å². The van der Waals surface area contributed by atoms with Crippen LogP contribution in [0.4, 0.5) is 0 Å². The number of β-amino-alcohol motifs (C(OH)–C–C–N with tert-alkyl or cyclic N) is 1. The first kappa shape index (κ1) is 15.7. The SMILES string of the molecule is CC(C)(O)CN1CCN(C(=O)CC2(CN)CCC2)CC1. The number of hydrogen-bond donors (Lipinski definition) is 2. The molecule has 1 saturated heterocycles. The molecular formula is C15H29N3O2. The number of carbonyl (C=O) groups excluding carboxylic acids is 1. The highest BCUT2D eigenvalue weighted by atomic mass is 16.3. The van der Waals surface area contributed by atoms with Gasteiger partial charge in [-0.3, -0.25) is 9.69 Å². The molecule has 0 bridgehead atoms. The molecule has 5 nitrogen and oxygen atoms in total. The molecule has 1 aliphatic heterocycles. The zero-order chi connectivity index (χ0) is 14.8. The quantitative estimate of drug-likeness (QED) is 0.767. The lowest BCUT2D eigenvalue weighted by Gasteiger charge is -2.43. The fourth-order valence-electron chi connectivity index (χ4n) is 3.27. The summed E-state index contributed by atoms with van der Waals surface area (Å²) in [7, 11) is 0. The maximum absolute atomic E-state index is 12.4. The highest BCUT2D eigenvalue weighted by Crippen LogP contribution is 2.43. The second kappa shape index (κ2) is 6.00. The molecule has 5 heteroatoms. The zero-order valence-electron chi connectivity index (χ0n) is 12.9. The number of nitrogens with zero attached hydrogens (tertiary/aromatic N) is 2. The Balaban J connectivity index is 1.77. The van der Waals surface area contributed by atoms with E-state index in [1.165, 1.54) is 6.42 Å². The number of piperazine rings is 1. The van der Waals surface area contributed by atoms with Gasteiger partial charge in [-0.25, -0.2) is 0 Å². The van der Waals surface area contributed by atoms with Gasteiger partial charge >= 0.3 is 0 Å². The molecule has 0 aromatic carbocycles. The van der Waals surface area contributed by atoms with Gasteiger partial charge in [0, 0.05) is 39.1 Å². The molecule has 1 amide bonds. The van der Waals surface area contributed by atoms with Crippen molar-refractivity contribution in [1.82, 2.24) is 9.80 Å². The van der Waals surface area contributed by atoms with Crippen LogP contribution < -0.4 is 5.73 Å². The Bertz CT molecular complexity index is 334. The largest absolute Gasteiger partial charge is 0.389 e. The summed E-state index contributed by atoms with van der Waals surface area (Å²) in [5, 5.41) is 9.83. The molecule has 0 radical (unpaired) electrons. The molecule has 1 saturated carbocycles. The summed E-state index contributed by atoms with van der Waals surface area (Å²) >= 11 is 0. The van der Waals surface area contributed by atoms with E-state index in [2.05, 4.69) is 4.90 Å². The molecule has 2 aliphatic rings. The minimum atomic E-state index is -0.665. The van der Waals surface area contributed by atoms with E-state index in [0.717, 1.165) is 39.0 Å². The van der Waals surface area contributed by atoms with E-state index >= 15 is 0 Å². The van der Waals surface area contributed by atoms with Gasteiger partial charge in [-0.05, 0) is 38.6 Å². The molecule has 2 rings (SSSR count). The van der Waals surface area contributed by atoms with Crippen LogP contribution >= 0.6 is 0 Å². The van der Waals surface area contributed by atoms with Gasteiger partial charge in [0.2, 0.25) is 5.91 Å². The van der Waals surface area contributed by atoms with Crippen LogP contribution in [0.2, 0.25) is 0 Å². The van der Waals surface area contributed by atoms with Gasteiger partial charge in [0.15, 0.2) is 0 Å². The fraction of sp³-hybridized carbons (Fsp3) is 0.933. The van der Waals surface area contributed by atoms with E-state index in [4.69, 9.17) is 5.73 Å². The predicted molar refractivity (Wildman–Crippen MR) is 79.3 cm³/mol. The highest BCUT2D eigenvalue weighted by Gasteiger charge is 2.39. The van der Waals surface area contributed by atoms with Crippen molar-refractivity contribution in [3.05, 3.63) is 0 Å². The molecule has 0 unspecified atom stereocenters. The minimum absolute atomic E-state index is 0.0985. The van der Waals surface area contributed by atoms with E-state index in [1.807, 2.05) is 18.7 Å². The van der Waals surface area contributed by atoms with E-state index in [9.17, 15) is 9.90 Å². The van der Waals surface area contributed by atoms with E-state index in [1.54, 1.807) is 0 Å². The Kier molecular flexibility index (Phi) is 4.72. The first-order valence-corrected chi connectivity index (χ1v) is 7.76. The maximum atomic E-state index is 12.4. The third-order valence-electron chi connectivity index (χ3n) is 4.71. The second-order valence-corrected chi connectivity index (χ2v) is 7.20. The average molecular weight is 283 g/mol. The van der Waals surface area contributed by atoms with E-state index in [-0.39, 0.29) is 11.3 Å². The highest BCUT2D eigenvalue weighted by molar-refractivity contribution is 5.77. The maximum Gasteiger partial charge on any atom is 0.223 e. The summed E-state index contributed by atoms with van der Waals surface area (Å²) in [5.74, 6) is 0.262. The van der Waals surface area contributed by atoms with Crippen LogP contribution in [0.15, 0.2) is 0 Å². The second-order valence-electron chi connectivity index (χ2n) is 7.20. The standard InChI is InChI=1S/C15H29N3O2/c1-14(2,20)12-17-6-8-18(9-7-17)13(19)10-15(11-16)4-3-5-15/h20H,3-12,16H2,1-2H3. The number of nitrogens with two attached hydrogens (primary N) is 1. The fourth-order valence-corrected chi connectivity index (χ4v) is 3.27. The first-order valence-electron chi connectivity index (χ1n) is 7.76. The van der Waals surface area contributed by atoms with Crippen molar-refractivity contribution < 1.29 is 9.90 Å². The van der Waals surface area contributed by atoms with Crippen molar-refractivity contribution in [2.24, 2.45) is 11.1 Å². The van der Waals surface area contributed by atoms with Crippen LogP contribution in [0.3, 0.4) is 0 Å². The van der Waals surface area contributed by atoms with Gasteiger partial charge in [0.05, 0.1) is 5.60 Å². The molecule has 1 heterocycles. The summed E-state index contributed by atoms with van der Waals surface area (Å²) in [6, 6.07) is 0. The van der Waals surface area contributed by atoms with Crippen LogP contribution in [-0.2, 0) is 4.79 Å². The molecule has 0 atom stereocenters. The van der Waals surface area contributed by atoms with Crippen molar-refractivity contribution in [1.29, 1.82) is 0 Å². The molecule has 116 valence electrons. The van der Waals surface area contributed by atoms with Crippen LogP contribution in [0.25, 0.3) is 0 Å². The van der Waals surface area contributed by atoms with Crippen molar-refractivity contribution in [3.8, 4) is 0 Å². The topological polar surface area (TPSA) is 69.8 Å². The number of hydrogen-bond acceptors (Lipinski definition) is 4. The van der Waals surface area contributed by atoms with Crippen LogP contribution in [0, 0.1) is 5.41 Å². The predicted octanol–water partition coefficient (Wildman–Crippen LogP) is 0.421. The van der Waals surface area contributed by atoms with Gasteiger partial charge in [-0.2, -0.15) is 0 Å². The number of aliphatic hydroxyl groups is 1. The first-order chi connectivity index (χ1) is 9.34. The van der Waals surface area contributed by atoms with Crippen LogP contribution in [-0.4, -0.2) is 65.7 Å². The van der Waals surface area contributed by atoms with Gasteiger partial charge in [0.1, 0.15) is 0 Å². The van der Waals surface area contributed by atoms with Gasteiger partial charge in [-0.15, -0.1) is 0 Å². The summed E-state index contributed by atoms with van der Waals surface area (Å²) < 4.78 is 0. The lowest BCUT2D eigenvalue weighted by Crippen LogP contribution is -2.53. The number of amides is 1. The van der Waals surface area contributed by atoms with Gasteiger partial charge in [0.25, 0.3) is 0 Å².